The van der Waals surface area contributed by atoms with Crippen LogP contribution in [-0.2, 0) is 13.6 Å². The van der Waals surface area contributed by atoms with Crippen LogP contribution in [0.25, 0.3) is 22.2 Å². The SMILES string of the molecule is COc1ccc(CN2C(=O)c3ccccc3C2c2c(-c3ccc(C)cc3)n(C)c3ccccc23)cc1. The Labute approximate surface area is 211 Å². The summed E-state index contributed by atoms with van der Waals surface area (Å²) in [5, 5.41) is 1.17. The molecule has 36 heavy (non-hydrogen) atoms. The molecule has 1 atom stereocenters. The third-order valence-corrected chi connectivity index (χ3v) is 7.31. The van der Waals surface area contributed by atoms with Crippen molar-refractivity contribution in [3.63, 3.8) is 0 Å². The highest BCUT2D eigenvalue weighted by Gasteiger charge is 2.40. The van der Waals surface area contributed by atoms with Gasteiger partial charge < -0.3 is 14.2 Å². The third kappa shape index (κ3) is 3.49. The van der Waals surface area contributed by atoms with Gasteiger partial charge in [-0.3, -0.25) is 4.79 Å². The highest BCUT2D eigenvalue weighted by Crippen LogP contribution is 2.47. The topological polar surface area (TPSA) is 34.5 Å². The van der Waals surface area contributed by atoms with E-state index in [-0.39, 0.29) is 11.9 Å². The minimum Gasteiger partial charge on any atom is -0.497 e. The molecule has 1 aliphatic heterocycles. The minimum absolute atomic E-state index is 0.0641. The number of ether oxygens (including phenoxy) is 1. The molecule has 4 heteroatoms. The highest BCUT2D eigenvalue weighted by atomic mass is 16.5. The van der Waals surface area contributed by atoms with Crippen LogP contribution >= 0.6 is 0 Å². The number of benzene rings is 4. The maximum absolute atomic E-state index is 13.8. The summed E-state index contributed by atoms with van der Waals surface area (Å²) < 4.78 is 7.61. The Hall–Kier alpha value is -4.31. The first-order valence-corrected chi connectivity index (χ1v) is 12.2. The summed E-state index contributed by atoms with van der Waals surface area (Å²) in [6, 6.07) is 33.0. The number of carbonyl (C=O) groups is 1. The molecule has 5 aromatic rings. The number of hydrogen-bond donors (Lipinski definition) is 0. The van der Waals surface area contributed by atoms with Crippen LogP contribution in [0.1, 0.15) is 38.7 Å². The van der Waals surface area contributed by atoms with Crippen LogP contribution in [-0.4, -0.2) is 22.5 Å². The van der Waals surface area contributed by atoms with Gasteiger partial charge >= 0.3 is 0 Å². The van der Waals surface area contributed by atoms with Crippen molar-refractivity contribution in [2.24, 2.45) is 7.05 Å². The van der Waals surface area contributed by atoms with Gasteiger partial charge in [0.15, 0.2) is 0 Å². The van der Waals surface area contributed by atoms with Crippen LogP contribution in [0, 0.1) is 6.92 Å². The van der Waals surface area contributed by atoms with Gasteiger partial charge in [0.05, 0.1) is 18.8 Å². The largest absolute Gasteiger partial charge is 0.497 e. The number of rotatable bonds is 5. The molecule has 2 heterocycles. The highest BCUT2D eigenvalue weighted by molar-refractivity contribution is 6.02. The van der Waals surface area contributed by atoms with Crippen LogP contribution in [0.2, 0.25) is 0 Å². The van der Waals surface area contributed by atoms with E-state index < -0.39 is 0 Å². The number of aromatic nitrogens is 1. The number of methoxy groups -OCH3 is 1. The van der Waals surface area contributed by atoms with Gasteiger partial charge in [0.1, 0.15) is 5.75 Å². The first kappa shape index (κ1) is 22.2. The lowest BCUT2D eigenvalue weighted by atomic mass is 9.92. The Morgan fingerprint density at radius 2 is 1.53 bits per heavy atom. The molecule has 0 saturated heterocycles. The van der Waals surface area contributed by atoms with Gasteiger partial charge in [-0.05, 0) is 47.9 Å². The molecule has 0 fully saturated rings. The van der Waals surface area contributed by atoms with E-state index in [1.165, 1.54) is 16.5 Å². The van der Waals surface area contributed by atoms with Gasteiger partial charge in [0.2, 0.25) is 0 Å². The van der Waals surface area contributed by atoms with Gasteiger partial charge in [0, 0.05) is 35.6 Å². The van der Waals surface area contributed by atoms with Crippen molar-refractivity contribution in [2.45, 2.75) is 19.5 Å². The number of hydrogen-bond acceptors (Lipinski definition) is 2. The summed E-state index contributed by atoms with van der Waals surface area (Å²) in [4.78, 5) is 15.9. The second kappa shape index (κ2) is 8.72. The molecule has 0 spiro atoms. The Kier molecular flexibility index (Phi) is 5.37. The quantitative estimate of drug-likeness (QED) is 0.279. The molecular weight excluding hydrogens is 444 g/mol. The third-order valence-electron chi connectivity index (χ3n) is 7.31. The minimum atomic E-state index is -0.196. The fourth-order valence-electron chi connectivity index (χ4n) is 5.53. The zero-order chi connectivity index (χ0) is 24.8. The van der Waals surface area contributed by atoms with Gasteiger partial charge in [-0.15, -0.1) is 0 Å². The Balaban J connectivity index is 1.59. The Bertz CT molecular complexity index is 1580. The fourth-order valence-corrected chi connectivity index (χ4v) is 5.53. The second-order valence-electron chi connectivity index (χ2n) is 9.48. The van der Waals surface area contributed by atoms with Crippen LogP contribution in [0.3, 0.4) is 0 Å². The van der Waals surface area contributed by atoms with E-state index in [9.17, 15) is 4.79 Å². The number of fused-ring (bicyclic) bond motifs is 2. The molecule has 4 nitrogen and oxygen atoms in total. The zero-order valence-electron chi connectivity index (χ0n) is 20.7. The smallest absolute Gasteiger partial charge is 0.255 e. The molecular formula is C32H28N2O2. The summed E-state index contributed by atoms with van der Waals surface area (Å²) in [6.45, 7) is 2.62. The van der Waals surface area contributed by atoms with E-state index >= 15 is 0 Å². The molecule has 1 aromatic heterocycles. The van der Waals surface area contributed by atoms with E-state index in [0.29, 0.717) is 6.54 Å². The zero-order valence-corrected chi connectivity index (χ0v) is 20.7. The predicted molar refractivity (Wildman–Crippen MR) is 144 cm³/mol. The van der Waals surface area contributed by atoms with Crippen molar-refractivity contribution < 1.29 is 9.53 Å². The number of carbonyl (C=O) groups excluding carboxylic acids is 1. The van der Waals surface area contributed by atoms with E-state index in [2.05, 4.69) is 73.1 Å². The molecule has 0 radical (unpaired) electrons. The van der Waals surface area contributed by atoms with Crippen LogP contribution in [0.15, 0.2) is 97.1 Å². The van der Waals surface area contributed by atoms with Crippen LogP contribution in [0.4, 0.5) is 0 Å². The van der Waals surface area contributed by atoms with Crippen LogP contribution in [0.5, 0.6) is 5.75 Å². The molecule has 0 N–H and O–H groups in total. The molecule has 0 aliphatic carbocycles. The van der Waals surface area contributed by atoms with E-state index in [1.807, 2.05) is 47.4 Å². The molecule has 1 unspecified atom stereocenters. The molecule has 6 rings (SSSR count). The van der Waals surface area contributed by atoms with E-state index in [4.69, 9.17) is 4.74 Å². The summed E-state index contributed by atoms with van der Waals surface area (Å²) in [6.07, 6.45) is 0. The molecule has 178 valence electrons. The van der Waals surface area contributed by atoms with E-state index in [0.717, 1.165) is 39.2 Å². The normalized spacial score (nSPS) is 14.9. The lowest BCUT2D eigenvalue weighted by Gasteiger charge is -2.27. The van der Waals surface area contributed by atoms with Crippen molar-refractivity contribution in [3.05, 3.63) is 125 Å². The van der Waals surface area contributed by atoms with Gasteiger partial charge in [-0.1, -0.05) is 78.4 Å². The van der Waals surface area contributed by atoms with Gasteiger partial charge in [-0.2, -0.15) is 0 Å². The standard InChI is InChI=1S/C32H28N2O2/c1-21-12-16-23(17-13-21)30-29(27-10-6-7-11-28(27)33(30)2)31-25-8-4-5-9-26(25)32(35)34(31)20-22-14-18-24(36-3)19-15-22/h4-19,31H,20H2,1-3H3. The maximum Gasteiger partial charge on any atom is 0.255 e. The number of nitrogens with zero attached hydrogens (tertiary/aromatic N) is 2. The number of para-hydroxylation sites is 1. The van der Waals surface area contributed by atoms with Gasteiger partial charge in [0.25, 0.3) is 5.91 Å². The lowest BCUT2D eigenvalue weighted by Crippen LogP contribution is -2.28. The van der Waals surface area contributed by atoms with Crippen molar-refractivity contribution in [1.29, 1.82) is 0 Å². The average Bonchev–Trinajstić information content (AvgIpc) is 3.36. The van der Waals surface area contributed by atoms with E-state index in [1.54, 1.807) is 7.11 Å². The maximum atomic E-state index is 13.8. The number of aryl methyl sites for hydroxylation is 2. The fraction of sp³-hybridized carbons (Fsp3) is 0.156. The molecule has 1 aliphatic rings. The molecule has 1 amide bonds. The first-order chi connectivity index (χ1) is 17.6. The summed E-state index contributed by atoms with van der Waals surface area (Å²) in [5.41, 5.74) is 8.74. The van der Waals surface area contributed by atoms with Crippen molar-refractivity contribution >= 4 is 16.8 Å². The van der Waals surface area contributed by atoms with Gasteiger partial charge in [-0.25, -0.2) is 0 Å². The Morgan fingerprint density at radius 1 is 0.833 bits per heavy atom. The molecule has 0 bridgehead atoms. The van der Waals surface area contributed by atoms with Crippen LogP contribution < -0.4 is 4.74 Å². The number of amides is 1. The van der Waals surface area contributed by atoms with Crippen molar-refractivity contribution in [2.75, 3.05) is 7.11 Å². The average molecular weight is 473 g/mol. The first-order valence-electron chi connectivity index (χ1n) is 12.2. The van der Waals surface area contributed by atoms with Crippen molar-refractivity contribution in [3.8, 4) is 17.0 Å². The summed E-state index contributed by atoms with van der Waals surface area (Å²) in [5.74, 6) is 0.872. The second-order valence-corrected chi connectivity index (χ2v) is 9.48. The Morgan fingerprint density at radius 3 is 2.28 bits per heavy atom. The monoisotopic (exact) mass is 472 g/mol. The summed E-state index contributed by atoms with van der Waals surface area (Å²) in [7, 11) is 3.79. The lowest BCUT2D eigenvalue weighted by molar-refractivity contribution is 0.0737. The predicted octanol–water partition coefficient (Wildman–Crippen LogP) is 6.91. The summed E-state index contributed by atoms with van der Waals surface area (Å²) >= 11 is 0. The van der Waals surface area contributed by atoms with Crippen molar-refractivity contribution in [1.82, 2.24) is 9.47 Å². The molecule has 4 aromatic carbocycles. The molecule has 0 saturated carbocycles.